The summed E-state index contributed by atoms with van der Waals surface area (Å²) in [5.41, 5.74) is 7.80. The van der Waals surface area contributed by atoms with Crippen LogP contribution in [0.15, 0.2) is 41.8 Å². The van der Waals surface area contributed by atoms with Crippen LogP contribution < -0.4 is 5.73 Å². The number of nitrogens with two attached hydrogens (primary N) is 1. The van der Waals surface area contributed by atoms with Gasteiger partial charge in [-0.25, -0.2) is 0 Å². The highest BCUT2D eigenvalue weighted by Gasteiger charge is 2.01. The Morgan fingerprint density at radius 2 is 2.00 bits per heavy atom. The molecule has 0 atom stereocenters. The lowest BCUT2D eigenvalue weighted by Gasteiger charge is -2.04. The van der Waals surface area contributed by atoms with E-state index >= 15 is 0 Å². The van der Waals surface area contributed by atoms with E-state index in [0.29, 0.717) is 13.2 Å². The van der Waals surface area contributed by atoms with Gasteiger partial charge in [0.1, 0.15) is 0 Å². The number of thiophene rings is 1. The highest BCUT2D eigenvalue weighted by molar-refractivity contribution is 7.10. The van der Waals surface area contributed by atoms with E-state index in [1.54, 1.807) is 11.3 Å². The van der Waals surface area contributed by atoms with Gasteiger partial charge in [-0.15, -0.1) is 11.3 Å². The number of ether oxygens (including phenoxy) is 1. The molecule has 1 aromatic heterocycles. The van der Waals surface area contributed by atoms with Gasteiger partial charge in [0.15, 0.2) is 0 Å². The summed E-state index contributed by atoms with van der Waals surface area (Å²) in [5.74, 6) is 5.96. The molecule has 0 saturated heterocycles. The summed E-state index contributed by atoms with van der Waals surface area (Å²) in [6.07, 6.45) is 2.10. The SMILES string of the molecule is NCC#Cc1ccsc1COCCCc1ccccc1. The zero-order valence-corrected chi connectivity index (χ0v) is 12.3. The van der Waals surface area contributed by atoms with Crippen molar-refractivity contribution in [3.05, 3.63) is 57.8 Å². The average Bonchev–Trinajstić information content (AvgIpc) is 2.93. The Morgan fingerprint density at radius 3 is 2.80 bits per heavy atom. The van der Waals surface area contributed by atoms with Crippen LogP contribution in [0, 0.1) is 11.8 Å². The highest BCUT2D eigenvalue weighted by Crippen LogP contribution is 2.17. The molecule has 0 amide bonds. The molecule has 2 aromatic rings. The van der Waals surface area contributed by atoms with E-state index in [4.69, 9.17) is 10.5 Å². The summed E-state index contributed by atoms with van der Waals surface area (Å²) in [6.45, 7) is 1.81. The first-order chi connectivity index (χ1) is 9.90. The van der Waals surface area contributed by atoms with Crippen molar-refractivity contribution in [3.8, 4) is 11.8 Å². The predicted octanol–water partition coefficient (Wildman–Crippen LogP) is 3.21. The number of hydrogen-bond donors (Lipinski definition) is 1. The first-order valence-electron chi connectivity index (χ1n) is 6.77. The monoisotopic (exact) mass is 285 g/mol. The molecule has 0 saturated carbocycles. The van der Waals surface area contributed by atoms with Gasteiger partial charge in [0.05, 0.1) is 13.2 Å². The third kappa shape index (κ3) is 4.82. The quantitative estimate of drug-likeness (QED) is 0.653. The van der Waals surface area contributed by atoms with Gasteiger partial charge >= 0.3 is 0 Å². The van der Waals surface area contributed by atoms with Crippen LogP contribution in [-0.2, 0) is 17.8 Å². The summed E-state index contributed by atoms with van der Waals surface area (Å²) < 4.78 is 5.73. The zero-order valence-electron chi connectivity index (χ0n) is 11.5. The number of aryl methyl sites for hydroxylation is 1. The van der Waals surface area contributed by atoms with Gasteiger partial charge in [-0.1, -0.05) is 42.2 Å². The Hall–Kier alpha value is -1.60. The predicted molar refractivity (Wildman–Crippen MR) is 84.7 cm³/mol. The Labute approximate surface area is 124 Å². The Kier molecular flexibility index (Phi) is 6.33. The van der Waals surface area contributed by atoms with Crippen LogP contribution in [0.2, 0.25) is 0 Å². The van der Waals surface area contributed by atoms with E-state index in [9.17, 15) is 0 Å². The van der Waals surface area contributed by atoms with Gasteiger partial charge in [-0.3, -0.25) is 0 Å². The van der Waals surface area contributed by atoms with Crippen molar-refractivity contribution >= 4 is 11.3 Å². The first kappa shape index (κ1) is 14.8. The molecule has 0 spiro atoms. The summed E-state index contributed by atoms with van der Waals surface area (Å²) in [4.78, 5) is 1.19. The van der Waals surface area contributed by atoms with Gasteiger partial charge in [0.25, 0.3) is 0 Å². The molecule has 1 aromatic carbocycles. The summed E-state index contributed by atoms with van der Waals surface area (Å²) in [5, 5.41) is 2.04. The van der Waals surface area contributed by atoms with Gasteiger partial charge in [-0.2, -0.15) is 0 Å². The second-order valence-corrected chi connectivity index (χ2v) is 5.41. The second kappa shape index (κ2) is 8.55. The van der Waals surface area contributed by atoms with Gasteiger partial charge < -0.3 is 10.5 Å². The molecule has 0 unspecified atom stereocenters. The molecule has 20 heavy (non-hydrogen) atoms. The normalized spacial score (nSPS) is 10.1. The third-order valence-corrected chi connectivity index (χ3v) is 3.80. The van der Waals surface area contributed by atoms with Crippen molar-refractivity contribution in [2.24, 2.45) is 5.73 Å². The first-order valence-corrected chi connectivity index (χ1v) is 7.65. The maximum atomic E-state index is 5.73. The minimum Gasteiger partial charge on any atom is -0.376 e. The minimum atomic E-state index is 0.396. The van der Waals surface area contributed by atoms with Crippen LogP contribution in [0.5, 0.6) is 0 Å². The molecule has 0 aliphatic rings. The van der Waals surface area contributed by atoms with E-state index < -0.39 is 0 Å². The molecule has 2 N–H and O–H groups in total. The van der Waals surface area contributed by atoms with Crippen LogP contribution in [0.4, 0.5) is 0 Å². The molecule has 0 aliphatic carbocycles. The van der Waals surface area contributed by atoms with Gasteiger partial charge in [0.2, 0.25) is 0 Å². The summed E-state index contributed by atoms with van der Waals surface area (Å²) in [6, 6.07) is 12.5. The van der Waals surface area contributed by atoms with E-state index in [-0.39, 0.29) is 0 Å². The molecular weight excluding hydrogens is 266 g/mol. The van der Waals surface area contributed by atoms with Crippen LogP contribution in [-0.4, -0.2) is 13.2 Å². The van der Waals surface area contributed by atoms with E-state index in [0.717, 1.165) is 25.0 Å². The van der Waals surface area contributed by atoms with Crippen molar-refractivity contribution in [3.63, 3.8) is 0 Å². The van der Waals surface area contributed by atoms with E-state index in [2.05, 4.69) is 36.1 Å². The van der Waals surface area contributed by atoms with Crippen LogP contribution in [0.25, 0.3) is 0 Å². The van der Waals surface area contributed by atoms with Crippen molar-refractivity contribution in [1.82, 2.24) is 0 Å². The number of hydrogen-bond acceptors (Lipinski definition) is 3. The molecule has 104 valence electrons. The molecular formula is C17H19NOS. The second-order valence-electron chi connectivity index (χ2n) is 4.41. The Balaban J connectivity index is 1.70. The molecule has 2 nitrogen and oxygen atoms in total. The molecule has 3 heteroatoms. The van der Waals surface area contributed by atoms with Crippen molar-refractivity contribution in [1.29, 1.82) is 0 Å². The van der Waals surface area contributed by atoms with Crippen LogP contribution in [0.3, 0.4) is 0 Å². The lowest BCUT2D eigenvalue weighted by molar-refractivity contribution is 0.120. The highest BCUT2D eigenvalue weighted by atomic mass is 32.1. The lowest BCUT2D eigenvalue weighted by atomic mass is 10.1. The molecule has 0 radical (unpaired) electrons. The molecule has 2 rings (SSSR count). The van der Waals surface area contributed by atoms with Crippen LogP contribution in [0.1, 0.15) is 22.4 Å². The van der Waals surface area contributed by atoms with E-state index in [1.165, 1.54) is 10.4 Å². The van der Waals surface area contributed by atoms with Gasteiger partial charge in [-0.05, 0) is 29.9 Å². The number of rotatable bonds is 6. The molecule has 1 heterocycles. The fourth-order valence-electron chi connectivity index (χ4n) is 1.90. The Bertz CT molecular complexity index is 565. The zero-order chi connectivity index (χ0) is 14.0. The minimum absolute atomic E-state index is 0.396. The number of benzene rings is 1. The Morgan fingerprint density at radius 1 is 1.15 bits per heavy atom. The summed E-state index contributed by atoms with van der Waals surface area (Å²) in [7, 11) is 0. The van der Waals surface area contributed by atoms with Crippen molar-refractivity contribution < 1.29 is 4.74 Å². The average molecular weight is 285 g/mol. The fourth-order valence-corrected chi connectivity index (χ4v) is 2.66. The van der Waals surface area contributed by atoms with Crippen molar-refractivity contribution in [2.45, 2.75) is 19.4 Å². The third-order valence-electron chi connectivity index (χ3n) is 2.90. The molecule has 0 fully saturated rings. The smallest absolute Gasteiger partial charge is 0.0821 e. The summed E-state index contributed by atoms with van der Waals surface area (Å²) >= 11 is 1.69. The maximum absolute atomic E-state index is 5.73. The van der Waals surface area contributed by atoms with E-state index in [1.807, 2.05) is 17.5 Å². The topological polar surface area (TPSA) is 35.2 Å². The lowest BCUT2D eigenvalue weighted by Crippen LogP contribution is -1.98. The van der Waals surface area contributed by atoms with Crippen LogP contribution >= 0.6 is 11.3 Å². The van der Waals surface area contributed by atoms with Gasteiger partial charge in [0, 0.05) is 17.0 Å². The van der Waals surface area contributed by atoms with Crippen molar-refractivity contribution in [2.75, 3.05) is 13.2 Å². The molecule has 0 aliphatic heterocycles. The fraction of sp³-hybridized carbons (Fsp3) is 0.294. The largest absolute Gasteiger partial charge is 0.376 e. The maximum Gasteiger partial charge on any atom is 0.0821 e. The molecule has 0 bridgehead atoms. The standard InChI is InChI=1S/C17H19NOS/c18-11-4-9-16-10-13-20-17(16)14-19-12-5-8-15-6-2-1-3-7-15/h1-3,6-7,10,13H,5,8,11-12,14,18H2.